The van der Waals surface area contributed by atoms with Gasteiger partial charge in [-0.2, -0.15) is 0 Å². The van der Waals surface area contributed by atoms with E-state index in [1.807, 2.05) is 6.92 Å². The molecule has 1 rings (SSSR count). The van der Waals surface area contributed by atoms with Gasteiger partial charge in [0.2, 0.25) is 5.91 Å². The molecule has 0 saturated heterocycles. The SMILES string of the molecule is CCOC(CCNC(=O)Cc1ccccc1C(=O)O)C(C)C. The monoisotopic (exact) mass is 307 g/mol. The lowest BCUT2D eigenvalue weighted by molar-refractivity contribution is -0.120. The van der Waals surface area contributed by atoms with Crippen LogP contribution in [0.3, 0.4) is 0 Å². The summed E-state index contributed by atoms with van der Waals surface area (Å²) < 4.78 is 5.63. The van der Waals surface area contributed by atoms with Crippen molar-refractivity contribution in [1.29, 1.82) is 0 Å². The van der Waals surface area contributed by atoms with Crippen molar-refractivity contribution in [3.8, 4) is 0 Å². The van der Waals surface area contributed by atoms with E-state index in [-0.39, 0.29) is 24.0 Å². The molecule has 0 heterocycles. The minimum atomic E-state index is -1.01. The topological polar surface area (TPSA) is 75.6 Å². The standard InChI is InChI=1S/C17H25NO4/c1-4-22-15(12(2)3)9-10-18-16(19)11-13-7-5-6-8-14(13)17(20)21/h5-8,12,15H,4,9-11H2,1-3H3,(H,18,19)(H,20,21). The van der Waals surface area contributed by atoms with Gasteiger partial charge in [0.1, 0.15) is 0 Å². The third-order valence-electron chi connectivity index (χ3n) is 3.47. The van der Waals surface area contributed by atoms with Crippen molar-refractivity contribution in [2.24, 2.45) is 5.92 Å². The Balaban J connectivity index is 2.49. The number of carboxylic acids is 1. The molecule has 0 spiro atoms. The first-order chi connectivity index (χ1) is 10.5. The number of nitrogens with one attached hydrogen (secondary N) is 1. The van der Waals surface area contributed by atoms with E-state index < -0.39 is 5.97 Å². The van der Waals surface area contributed by atoms with Crippen LogP contribution >= 0.6 is 0 Å². The second-order valence-corrected chi connectivity index (χ2v) is 5.52. The van der Waals surface area contributed by atoms with Crippen molar-refractivity contribution >= 4 is 11.9 Å². The average Bonchev–Trinajstić information content (AvgIpc) is 2.46. The summed E-state index contributed by atoms with van der Waals surface area (Å²) in [7, 11) is 0. The molecule has 0 bridgehead atoms. The van der Waals surface area contributed by atoms with Gasteiger partial charge in [0.25, 0.3) is 0 Å². The third kappa shape index (κ3) is 5.85. The third-order valence-corrected chi connectivity index (χ3v) is 3.47. The second kappa shape index (κ2) is 9.20. The van der Waals surface area contributed by atoms with E-state index in [0.717, 1.165) is 6.42 Å². The molecule has 2 N–H and O–H groups in total. The summed E-state index contributed by atoms with van der Waals surface area (Å²) in [6.45, 7) is 7.31. The fourth-order valence-electron chi connectivity index (χ4n) is 2.30. The van der Waals surface area contributed by atoms with Gasteiger partial charge in [-0.05, 0) is 30.9 Å². The van der Waals surface area contributed by atoms with Crippen LogP contribution in [0.15, 0.2) is 24.3 Å². The fraction of sp³-hybridized carbons (Fsp3) is 0.529. The van der Waals surface area contributed by atoms with Crippen LogP contribution in [0.4, 0.5) is 0 Å². The Hall–Kier alpha value is -1.88. The predicted octanol–water partition coefficient (Wildman–Crippen LogP) is 2.49. The molecule has 0 radical (unpaired) electrons. The van der Waals surface area contributed by atoms with Crippen molar-refractivity contribution in [3.05, 3.63) is 35.4 Å². The molecule has 5 nitrogen and oxygen atoms in total. The maximum Gasteiger partial charge on any atom is 0.335 e. The maximum absolute atomic E-state index is 12.0. The van der Waals surface area contributed by atoms with Crippen LogP contribution in [0.5, 0.6) is 0 Å². The highest BCUT2D eigenvalue weighted by Crippen LogP contribution is 2.11. The van der Waals surface area contributed by atoms with Gasteiger partial charge in [0.05, 0.1) is 18.1 Å². The molecule has 1 amide bonds. The largest absolute Gasteiger partial charge is 0.478 e. The highest BCUT2D eigenvalue weighted by Gasteiger charge is 2.15. The molecule has 0 aliphatic rings. The molecular formula is C17H25NO4. The maximum atomic E-state index is 12.0. The van der Waals surface area contributed by atoms with Gasteiger partial charge in [-0.15, -0.1) is 0 Å². The molecular weight excluding hydrogens is 282 g/mol. The van der Waals surface area contributed by atoms with Gasteiger partial charge >= 0.3 is 5.97 Å². The predicted molar refractivity (Wildman–Crippen MR) is 85.0 cm³/mol. The number of hydrogen-bond acceptors (Lipinski definition) is 3. The lowest BCUT2D eigenvalue weighted by Crippen LogP contribution is -2.31. The summed E-state index contributed by atoms with van der Waals surface area (Å²) in [6.07, 6.45) is 0.943. The lowest BCUT2D eigenvalue weighted by atomic mass is 10.0. The Morgan fingerprint density at radius 1 is 1.27 bits per heavy atom. The van der Waals surface area contributed by atoms with E-state index >= 15 is 0 Å². The second-order valence-electron chi connectivity index (χ2n) is 5.52. The number of carboxylic acid groups (broad SMARTS) is 1. The smallest absolute Gasteiger partial charge is 0.335 e. The minimum absolute atomic E-state index is 0.0729. The van der Waals surface area contributed by atoms with Crippen molar-refractivity contribution in [3.63, 3.8) is 0 Å². The minimum Gasteiger partial charge on any atom is -0.478 e. The van der Waals surface area contributed by atoms with Crippen LogP contribution in [0.1, 0.15) is 43.1 Å². The molecule has 5 heteroatoms. The number of carbonyl (C=O) groups is 2. The highest BCUT2D eigenvalue weighted by atomic mass is 16.5. The Morgan fingerprint density at radius 2 is 1.95 bits per heavy atom. The van der Waals surface area contributed by atoms with Gasteiger partial charge in [-0.1, -0.05) is 32.0 Å². The van der Waals surface area contributed by atoms with Crippen molar-refractivity contribution in [2.45, 2.75) is 39.7 Å². The summed E-state index contributed by atoms with van der Waals surface area (Å²) in [4.78, 5) is 23.1. The molecule has 1 atom stereocenters. The Bertz CT molecular complexity index is 499. The zero-order chi connectivity index (χ0) is 16.5. The van der Waals surface area contributed by atoms with Crippen molar-refractivity contribution < 1.29 is 19.4 Å². The number of benzene rings is 1. The van der Waals surface area contributed by atoms with Crippen LogP contribution in [-0.2, 0) is 16.0 Å². The Morgan fingerprint density at radius 3 is 2.55 bits per heavy atom. The van der Waals surface area contributed by atoms with Gasteiger partial charge in [-0.3, -0.25) is 4.79 Å². The lowest BCUT2D eigenvalue weighted by Gasteiger charge is -2.20. The quantitative estimate of drug-likeness (QED) is 0.735. The first-order valence-corrected chi connectivity index (χ1v) is 7.65. The van der Waals surface area contributed by atoms with Crippen LogP contribution < -0.4 is 5.32 Å². The number of rotatable bonds is 9. The molecule has 0 aliphatic carbocycles. The van der Waals surface area contributed by atoms with Gasteiger partial charge in [0.15, 0.2) is 0 Å². The molecule has 0 fully saturated rings. The molecule has 0 aliphatic heterocycles. The number of aromatic carboxylic acids is 1. The molecule has 122 valence electrons. The van der Waals surface area contributed by atoms with Gasteiger partial charge in [0, 0.05) is 13.2 Å². The van der Waals surface area contributed by atoms with E-state index in [1.54, 1.807) is 18.2 Å². The zero-order valence-corrected chi connectivity index (χ0v) is 13.5. The molecule has 0 saturated carbocycles. The van der Waals surface area contributed by atoms with Crippen LogP contribution in [-0.4, -0.2) is 36.2 Å². The zero-order valence-electron chi connectivity index (χ0n) is 13.5. The first-order valence-electron chi connectivity index (χ1n) is 7.65. The summed E-state index contributed by atoms with van der Waals surface area (Å²) in [5, 5.41) is 11.9. The first kappa shape index (κ1) is 18.2. The summed E-state index contributed by atoms with van der Waals surface area (Å²) in [5.41, 5.74) is 0.699. The van der Waals surface area contributed by atoms with Gasteiger partial charge in [-0.25, -0.2) is 4.79 Å². The molecule has 1 aromatic rings. The Labute approximate surface area is 131 Å². The van der Waals surface area contributed by atoms with E-state index in [2.05, 4.69) is 19.2 Å². The molecule has 1 unspecified atom stereocenters. The fourth-order valence-corrected chi connectivity index (χ4v) is 2.30. The van der Waals surface area contributed by atoms with Crippen LogP contribution in [0.25, 0.3) is 0 Å². The summed E-state index contributed by atoms with van der Waals surface area (Å²) >= 11 is 0. The average molecular weight is 307 g/mol. The summed E-state index contributed by atoms with van der Waals surface area (Å²) in [5.74, 6) is -0.795. The normalized spacial score (nSPS) is 12.2. The number of carbonyl (C=O) groups excluding carboxylic acids is 1. The van der Waals surface area contributed by atoms with Crippen LogP contribution in [0, 0.1) is 5.92 Å². The van der Waals surface area contributed by atoms with Crippen molar-refractivity contribution in [1.82, 2.24) is 5.32 Å². The Kier molecular flexibility index (Phi) is 7.60. The number of amides is 1. The number of ether oxygens (including phenoxy) is 1. The molecule has 1 aromatic carbocycles. The van der Waals surface area contributed by atoms with Gasteiger partial charge < -0.3 is 15.2 Å². The van der Waals surface area contributed by atoms with E-state index in [4.69, 9.17) is 9.84 Å². The molecule has 0 aromatic heterocycles. The van der Waals surface area contributed by atoms with Crippen molar-refractivity contribution in [2.75, 3.05) is 13.2 Å². The summed E-state index contributed by atoms with van der Waals surface area (Å²) in [6, 6.07) is 6.56. The van der Waals surface area contributed by atoms with E-state index in [1.165, 1.54) is 6.07 Å². The number of hydrogen-bond donors (Lipinski definition) is 2. The van der Waals surface area contributed by atoms with Crippen LogP contribution in [0.2, 0.25) is 0 Å². The van der Waals surface area contributed by atoms with E-state index in [9.17, 15) is 9.59 Å². The highest BCUT2D eigenvalue weighted by molar-refractivity contribution is 5.91. The molecule has 22 heavy (non-hydrogen) atoms. The van der Waals surface area contributed by atoms with E-state index in [0.29, 0.717) is 24.6 Å².